The molecular formula is C16H20O. The van der Waals surface area contributed by atoms with Gasteiger partial charge >= 0.3 is 0 Å². The summed E-state index contributed by atoms with van der Waals surface area (Å²) in [7, 11) is 0. The molecule has 0 saturated carbocycles. The van der Waals surface area contributed by atoms with Crippen LogP contribution in [0.5, 0.6) is 5.75 Å². The number of aromatic hydroxyl groups is 1. The largest absolute Gasteiger partial charge is 0.508 e. The number of rotatable bonds is 2. The van der Waals surface area contributed by atoms with E-state index >= 15 is 0 Å². The first-order chi connectivity index (χ1) is 8.24. The van der Waals surface area contributed by atoms with E-state index in [9.17, 15) is 0 Å². The van der Waals surface area contributed by atoms with Gasteiger partial charge in [-0.25, -0.2) is 0 Å². The molecule has 0 aliphatic carbocycles. The third-order valence-corrected chi connectivity index (χ3v) is 2.74. The second-order valence-corrected chi connectivity index (χ2v) is 4.06. The van der Waals surface area contributed by atoms with Crippen molar-refractivity contribution in [2.24, 2.45) is 0 Å². The highest BCUT2D eigenvalue weighted by molar-refractivity contribution is 5.19. The Hall–Kier alpha value is -1.76. The summed E-state index contributed by atoms with van der Waals surface area (Å²) in [6, 6.07) is 19.3. The minimum Gasteiger partial charge on any atom is -0.508 e. The molecule has 1 unspecified atom stereocenters. The molecule has 0 aliphatic heterocycles. The van der Waals surface area contributed by atoms with Crippen molar-refractivity contribution >= 4 is 0 Å². The maximum absolute atomic E-state index is 8.63. The molecular weight excluding hydrogens is 208 g/mol. The number of hydrogen-bond acceptors (Lipinski definition) is 1. The molecule has 0 bridgehead atoms. The van der Waals surface area contributed by atoms with Crippen LogP contribution >= 0.6 is 0 Å². The molecule has 0 amide bonds. The van der Waals surface area contributed by atoms with Crippen molar-refractivity contribution in [2.75, 3.05) is 0 Å². The monoisotopic (exact) mass is 228 g/mol. The summed E-state index contributed by atoms with van der Waals surface area (Å²) in [6.07, 6.45) is 1.23. The minimum absolute atomic E-state index is 0.322. The van der Waals surface area contributed by atoms with Gasteiger partial charge < -0.3 is 5.11 Å². The SMILES string of the molecule is CCC(C)c1ccccc1.Oc1ccccc1. The molecule has 1 atom stereocenters. The fraction of sp³-hybridized carbons (Fsp3) is 0.250. The number of phenols is 1. The Kier molecular flexibility index (Phi) is 5.87. The van der Waals surface area contributed by atoms with Gasteiger partial charge in [-0.2, -0.15) is 0 Å². The van der Waals surface area contributed by atoms with Crippen LogP contribution in [0.1, 0.15) is 31.7 Å². The van der Waals surface area contributed by atoms with Crippen molar-refractivity contribution in [1.29, 1.82) is 0 Å². The quantitative estimate of drug-likeness (QED) is 0.797. The molecule has 0 aromatic heterocycles. The Labute approximate surface area is 104 Å². The van der Waals surface area contributed by atoms with Crippen LogP contribution in [-0.2, 0) is 0 Å². The normalized spacial score (nSPS) is 11.2. The Bertz CT molecular complexity index is 394. The highest BCUT2D eigenvalue weighted by Crippen LogP contribution is 2.16. The number of phenolic OH excluding ortho intramolecular Hbond substituents is 1. The van der Waals surface area contributed by atoms with Crippen LogP contribution in [0.3, 0.4) is 0 Å². The first kappa shape index (κ1) is 13.3. The van der Waals surface area contributed by atoms with Gasteiger partial charge in [0.2, 0.25) is 0 Å². The fourth-order valence-corrected chi connectivity index (χ4v) is 1.45. The molecule has 0 radical (unpaired) electrons. The van der Waals surface area contributed by atoms with Crippen LogP contribution in [0.4, 0.5) is 0 Å². The van der Waals surface area contributed by atoms with E-state index in [1.807, 2.05) is 6.07 Å². The van der Waals surface area contributed by atoms with E-state index in [-0.39, 0.29) is 0 Å². The van der Waals surface area contributed by atoms with Gasteiger partial charge in [0.15, 0.2) is 0 Å². The van der Waals surface area contributed by atoms with Gasteiger partial charge in [0.05, 0.1) is 0 Å². The van der Waals surface area contributed by atoms with Crippen LogP contribution in [0.25, 0.3) is 0 Å². The highest BCUT2D eigenvalue weighted by Gasteiger charge is 1.98. The first-order valence-electron chi connectivity index (χ1n) is 6.03. The zero-order valence-corrected chi connectivity index (χ0v) is 10.5. The van der Waals surface area contributed by atoms with Crippen molar-refractivity contribution in [1.82, 2.24) is 0 Å². The second-order valence-electron chi connectivity index (χ2n) is 4.06. The zero-order valence-electron chi connectivity index (χ0n) is 10.5. The fourth-order valence-electron chi connectivity index (χ4n) is 1.45. The van der Waals surface area contributed by atoms with Crippen LogP contribution in [0.2, 0.25) is 0 Å². The van der Waals surface area contributed by atoms with E-state index in [0.29, 0.717) is 11.7 Å². The highest BCUT2D eigenvalue weighted by atomic mass is 16.3. The van der Waals surface area contributed by atoms with Crippen molar-refractivity contribution in [3.63, 3.8) is 0 Å². The van der Waals surface area contributed by atoms with Crippen LogP contribution in [-0.4, -0.2) is 5.11 Å². The van der Waals surface area contributed by atoms with E-state index in [2.05, 4.69) is 44.2 Å². The van der Waals surface area contributed by atoms with E-state index in [1.54, 1.807) is 24.3 Å². The maximum Gasteiger partial charge on any atom is 0.115 e. The van der Waals surface area contributed by atoms with Crippen LogP contribution < -0.4 is 0 Å². The summed E-state index contributed by atoms with van der Waals surface area (Å²) in [5, 5.41) is 8.63. The lowest BCUT2D eigenvalue weighted by atomic mass is 9.99. The number of hydrogen-bond donors (Lipinski definition) is 1. The molecule has 2 aromatic carbocycles. The van der Waals surface area contributed by atoms with E-state index in [4.69, 9.17) is 5.11 Å². The standard InChI is InChI=1S/C10H14.C6H6O/c1-3-9(2)10-7-5-4-6-8-10;7-6-4-2-1-3-5-6/h4-9H,3H2,1-2H3;1-5,7H. The third kappa shape index (κ3) is 5.21. The lowest BCUT2D eigenvalue weighted by molar-refractivity contribution is 0.475. The Balaban J connectivity index is 0.000000181. The molecule has 0 saturated heterocycles. The van der Waals surface area contributed by atoms with E-state index in [1.165, 1.54) is 12.0 Å². The van der Waals surface area contributed by atoms with Crippen molar-refractivity contribution in [3.05, 3.63) is 66.2 Å². The second kappa shape index (κ2) is 7.50. The van der Waals surface area contributed by atoms with Gasteiger partial charge in [0.1, 0.15) is 5.75 Å². The average Bonchev–Trinajstić information content (AvgIpc) is 2.40. The molecule has 2 aromatic rings. The summed E-state index contributed by atoms with van der Waals surface area (Å²) >= 11 is 0. The van der Waals surface area contributed by atoms with Gasteiger partial charge in [-0.3, -0.25) is 0 Å². The molecule has 0 aliphatic rings. The van der Waals surface area contributed by atoms with E-state index < -0.39 is 0 Å². The predicted molar refractivity (Wildman–Crippen MR) is 73.3 cm³/mol. The molecule has 17 heavy (non-hydrogen) atoms. The summed E-state index contributed by atoms with van der Waals surface area (Å²) in [5.74, 6) is 1.03. The van der Waals surface area contributed by atoms with Gasteiger partial charge in [0, 0.05) is 0 Å². The van der Waals surface area contributed by atoms with Gasteiger partial charge in [-0.15, -0.1) is 0 Å². The van der Waals surface area contributed by atoms with Crippen molar-refractivity contribution in [2.45, 2.75) is 26.2 Å². The topological polar surface area (TPSA) is 20.2 Å². The Morgan fingerprint density at radius 3 is 1.71 bits per heavy atom. The molecule has 2 rings (SSSR count). The van der Waals surface area contributed by atoms with Crippen LogP contribution in [0.15, 0.2) is 60.7 Å². The van der Waals surface area contributed by atoms with Gasteiger partial charge in [-0.05, 0) is 30.0 Å². The molecule has 1 nitrogen and oxygen atoms in total. The third-order valence-electron chi connectivity index (χ3n) is 2.74. The lowest BCUT2D eigenvalue weighted by Gasteiger charge is -2.06. The molecule has 0 heterocycles. The molecule has 0 fully saturated rings. The van der Waals surface area contributed by atoms with Crippen molar-refractivity contribution < 1.29 is 5.11 Å². The van der Waals surface area contributed by atoms with Gasteiger partial charge in [0.25, 0.3) is 0 Å². The first-order valence-corrected chi connectivity index (χ1v) is 6.03. The lowest BCUT2D eigenvalue weighted by Crippen LogP contribution is -1.88. The van der Waals surface area contributed by atoms with E-state index in [0.717, 1.165) is 0 Å². The Morgan fingerprint density at radius 2 is 1.35 bits per heavy atom. The summed E-state index contributed by atoms with van der Waals surface area (Å²) in [4.78, 5) is 0. The van der Waals surface area contributed by atoms with Crippen molar-refractivity contribution in [3.8, 4) is 5.75 Å². The molecule has 0 spiro atoms. The summed E-state index contributed by atoms with van der Waals surface area (Å²) in [6.45, 7) is 4.48. The zero-order chi connectivity index (χ0) is 12.5. The minimum atomic E-state index is 0.322. The summed E-state index contributed by atoms with van der Waals surface area (Å²) < 4.78 is 0. The molecule has 1 heteroatoms. The number of benzene rings is 2. The summed E-state index contributed by atoms with van der Waals surface area (Å²) in [5.41, 5.74) is 1.45. The maximum atomic E-state index is 8.63. The van der Waals surface area contributed by atoms with Gasteiger partial charge in [-0.1, -0.05) is 62.4 Å². The predicted octanol–water partition coefficient (Wildman–Crippen LogP) is 4.59. The molecule has 1 N–H and O–H groups in total. The van der Waals surface area contributed by atoms with Crippen LogP contribution in [0, 0.1) is 0 Å². The Morgan fingerprint density at radius 1 is 0.882 bits per heavy atom. The average molecular weight is 228 g/mol. The number of para-hydroxylation sites is 1. The smallest absolute Gasteiger partial charge is 0.115 e. The molecule has 90 valence electrons.